The number of pyridine rings is 1. The van der Waals surface area contributed by atoms with Crippen LogP contribution in [0.15, 0.2) is 36.5 Å². The van der Waals surface area contributed by atoms with Gasteiger partial charge in [0.25, 0.3) is 11.8 Å². The summed E-state index contributed by atoms with van der Waals surface area (Å²) in [6.45, 7) is 0.729. The van der Waals surface area contributed by atoms with Crippen LogP contribution in [0.25, 0.3) is 0 Å². The predicted molar refractivity (Wildman–Crippen MR) is 107 cm³/mol. The number of piperazine rings is 1. The van der Waals surface area contributed by atoms with Crippen LogP contribution in [0.2, 0.25) is 0 Å². The van der Waals surface area contributed by atoms with Crippen molar-refractivity contribution < 1.29 is 36.3 Å². The highest BCUT2D eigenvalue weighted by molar-refractivity contribution is 7.80. The van der Waals surface area contributed by atoms with Gasteiger partial charge < -0.3 is 23.8 Å². The number of hydrogen-bond acceptors (Lipinski definition) is 6. The quantitative estimate of drug-likeness (QED) is 0.667. The molecule has 1 fully saturated rings. The van der Waals surface area contributed by atoms with Crippen molar-refractivity contribution in [1.29, 1.82) is 0 Å². The topological polar surface area (TPSA) is 115 Å². The highest BCUT2D eigenvalue weighted by Gasteiger charge is 2.32. The first-order valence-electron chi connectivity index (χ1n) is 9.26. The van der Waals surface area contributed by atoms with Gasteiger partial charge in [-0.05, 0) is 24.3 Å². The van der Waals surface area contributed by atoms with Crippen molar-refractivity contribution in [1.82, 2.24) is 14.8 Å². The number of alkyl halides is 3. The molecule has 2 amide bonds. The zero-order chi connectivity index (χ0) is 23.5. The molecule has 2 aromatic rings. The van der Waals surface area contributed by atoms with E-state index in [2.05, 4.69) is 9.71 Å². The van der Waals surface area contributed by atoms with Crippen molar-refractivity contribution in [2.45, 2.75) is 6.18 Å². The molecule has 0 saturated carbocycles. The predicted octanol–water partition coefficient (Wildman–Crippen LogP) is 1.91. The summed E-state index contributed by atoms with van der Waals surface area (Å²) >= 11 is -2.53. The molecule has 172 valence electrons. The summed E-state index contributed by atoms with van der Waals surface area (Å²) in [5.74, 6) is -0.709. The van der Waals surface area contributed by atoms with Gasteiger partial charge in [-0.3, -0.25) is 18.8 Å². The number of nitrogens with zero attached hydrogens (tertiary/aromatic N) is 3. The molecular formula is C19H18F3N4O5S-. The molecule has 1 aliphatic rings. The maximum Gasteiger partial charge on any atom is 0.417 e. The van der Waals surface area contributed by atoms with Gasteiger partial charge in [-0.15, -0.1) is 0 Å². The molecule has 1 aliphatic heterocycles. The minimum absolute atomic E-state index is 0.113. The minimum atomic E-state index is -4.54. The maximum atomic E-state index is 12.9. The molecule has 0 bridgehead atoms. The Balaban J connectivity index is 1.64. The molecule has 0 spiro atoms. The first kappa shape index (κ1) is 23.5. The van der Waals surface area contributed by atoms with E-state index >= 15 is 0 Å². The van der Waals surface area contributed by atoms with Crippen molar-refractivity contribution in [3.8, 4) is 5.75 Å². The van der Waals surface area contributed by atoms with Crippen LogP contribution in [-0.2, 0) is 17.4 Å². The standard InChI is InChI=1S/C19H19F3N4O5S/c1-31-16-10-13(24-32(29)30)3-4-14(16)17(27)25-6-8-26(9-7-25)18(28)15-5-2-12(11-23-15)19(20,21)22/h2-5,10-11,24H,6-9H2,1H3,(H,29,30)/p-1. The number of amides is 2. The summed E-state index contributed by atoms with van der Waals surface area (Å²) in [4.78, 5) is 31.9. The van der Waals surface area contributed by atoms with Crippen LogP contribution in [0.5, 0.6) is 5.75 Å². The van der Waals surface area contributed by atoms with E-state index < -0.39 is 28.9 Å². The third-order valence-electron chi connectivity index (χ3n) is 4.80. The Kier molecular flexibility index (Phi) is 6.99. The average molecular weight is 471 g/mol. The zero-order valence-electron chi connectivity index (χ0n) is 16.7. The highest BCUT2D eigenvalue weighted by Crippen LogP contribution is 2.29. The molecule has 13 heteroatoms. The van der Waals surface area contributed by atoms with E-state index in [4.69, 9.17) is 4.74 Å². The minimum Gasteiger partial charge on any atom is -0.755 e. The molecule has 9 nitrogen and oxygen atoms in total. The lowest BCUT2D eigenvalue weighted by Gasteiger charge is -2.34. The molecule has 3 rings (SSSR count). The molecule has 32 heavy (non-hydrogen) atoms. The second kappa shape index (κ2) is 9.53. The van der Waals surface area contributed by atoms with Crippen molar-refractivity contribution >= 4 is 28.8 Å². The normalized spacial score (nSPS) is 15.3. The van der Waals surface area contributed by atoms with E-state index in [-0.39, 0.29) is 54.8 Å². The number of aromatic nitrogens is 1. The summed E-state index contributed by atoms with van der Waals surface area (Å²) in [5, 5.41) is 0. The van der Waals surface area contributed by atoms with Gasteiger partial charge in [0.2, 0.25) is 0 Å². The Morgan fingerprint density at radius 2 is 1.72 bits per heavy atom. The van der Waals surface area contributed by atoms with Gasteiger partial charge in [-0.2, -0.15) is 13.2 Å². The number of ether oxygens (including phenoxy) is 1. The molecule has 1 aromatic carbocycles. The van der Waals surface area contributed by atoms with Crippen LogP contribution in [0.1, 0.15) is 26.4 Å². The van der Waals surface area contributed by atoms with Gasteiger partial charge in [0.1, 0.15) is 11.4 Å². The summed E-state index contributed by atoms with van der Waals surface area (Å²) in [6.07, 6.45) is -3.93. The molecule has 0 radical (unpaired) electrons. The first-order valence-corrected chi connectivity index (χ1v) is 10.3. The Bertz CT molecular complexity index is 1020. The molecule has 1 aromatic heterocycles. The van der Waals surface area contributed by atoms with E-state index in [1.54, 1.807) is 0 Å². The molecule has 1 saturated heterocycles. The van der Waals surface area contributed by atoms with Crippen molar-refractivity contribution in [2.75, 3.05) is 38.0 Å². The van der Waals surface area contributed by atoms with Crippen molar-refractivity contribution in [3.05, 3.63) is 53.3 Å². The van der Waals surface area contributed by atoms with Gasteiger partial charge >= 0.3 is 6.18 Å². The Morgan fingerprint density at radius 1 is 1.09 bits per heavy atom. The Labute approximate surface area is 183 Å². The number of benzene rings is 1. The van der Waals surface area contributed by atoms with Gasteiger partial charge in [-0.1, -0.05) is 0 Å². The molecule has 1 unspecified atom stereocenters. The lowest BCUT2D eigenvalue weighted by molar-refractivity contribution is -0.137. The van der Waals surface area contributed by atoms with Crippen LogP contribution in [0, 0.1) is 0 Å². The van der Waals surface area contributed by atoms with E-state index in [9.17, 15) is 31.5 Å². The van der Waals surface area contributed by atoms with Crippen molar-refractivity contribution in [3.63, 3.8) is 0 Å². The first-order chi connectivity index (χ1) is 15.1. The number of nitrogens with one attached hydrogen (secondary N) is 1. The Morgan fingerprint density at radius 3 is 2.22 bits per heavy atom. The number of methoxy groups -OCH3 is 1. The van der Waals surface area contributed by atoms with Gasteiger partial charge in [0.05, 0.1) is 18.2 Å². The lowest BCUT2D eigenvalue weighted by Crippen LogP contribution is -2.50. The monoisotopic (exact) mass is 471 g/mol. The van der Waals surface area contributed by atoms with Crippen LogP contribution >= 0.6 is 0 Å². The third kappa shape index (κ3) is 5.34. The largest absolute Gasteiger partial charge is 0.755 e. The van der Waals surface area contributed by atoms with E-state index in [1.807, 2.05) is 0 Å². The number of carbonyl (C=O) groups is 2. The Hall–Kier alpha value is -3.19. The molecule has 0 aliphatic carbocycles. The summed E-state index contributed by atoms with van der Waals surface area (Å²) in [6, 6.07) is 6.05. The van der Waals surface area contributed by atoms with E-state index in [0.29, 0.717) is 6.20 Å². The fraction of sp³-hybridized carbons (Fsp3) is 0.316. The summed E-state index contributed by atoms with van der Waals surface area (Å²) < 4.78 is 66.9. The number of rotatable bonds is 5. The average Bonchev–Trinajstić information content (AvgIpc) is 2.77. The van der Waals surface area contributed by atoms with Gasteiger partial charge in [-0.25, -0.2) is 0 Å². The zero-order valence-corrected chi connectivity index (χ0v) is 17.5. The summed E-state index contributed by atoms with van der Waals surface area (Å²) in [5.41, 5.74) is -0.607. The smallest absolute Gasteiger partial charge is 0.417 e. The number of anilines is 1. The fourth-order valence-corrected chi connectivity index (χ4v) is 3.48. The number of hydrogen-bond donors (Lipinski definition) is 1. The van der Waals surface area contributed by atoms with Crippen LogP contribution in [0.4, 0.5) is 18.9 Å². The van der Waals surface area contributed by atoms with Gasteiger partial charge in [0.15, 0.2) is 0 Å². The second-order valence-electron chi connectivity index (χ2n) is 6.77. The lowest BCUT2D eigenvalue weighted by atomic mass is 10.1. The van der Waals surface area contributed by atoms with Crippen LogP contribution in [0.3, 0.4) is 0 Å². The van der Waals surface area contributed by atoms with E-state index in [0.717, 1.165) is 12.1 Å². The van der Waals surface area contributed by atoms with E-state index in [1.165, 1.54) is 35.1 Å². The van der Waals surface area contributed by atoms with Crippen LogP contribution in [-0.4, -0.2) is 68.6 Å². The highest BCUT2D eigenvalue weighted by atomic mass is 32.2. The van der Waals surface area contributed by atoms with Crippen molar-refractivity contribution in [2.24, 2.45) is 0 Å². The SMILES string of the molecule is COc1cc(NS(=O)[O-])ccc1C(=O)N1CCN(C(=O)c2ccc(C(F)(F)F)cn2)CC1. The molecule has 1 atom stereocenters. The third-order valence-corrected chi connectivity index (χ3v) is 5.20. The number of halogens is 3. The van der Waals surface area contributed by atoms with Gasteiger partial charge in [0, 0.05) is 55.4 Å². The molecule has 2 heterocycles. The molecular weight excluding hydrogens is 453 g/mol. The summed E-state index contributed by atoms with van der Waals surface area (Å²) in [7, 11) is 1.34. The van der Waals surface area contributed by atoms with Crippen LogP contribution < -0.4 is 9.46 Å². The maximum absolute atomic E-state index is 12.9. The molecule has 1 N–H and O–H groups in total. The number of carbonyl (C=O) groups excluding carboxylic acids is 2. The fourth-order valence-electron chi connectivity index (χ4n) is 3.16. The second-order valence-corrected chi connectivity index (χ2v) is 7.44.